The maximum atomic E-state index is 5.61. The highest BCUT2D eigenvalue weighted by molar-refractivity contribution is 9.10. The molecule has 1 fully saturated rings. The molecule has 0 bridgehead atoms. The number of hydrogen-bond donors (Lipinski definition) is 1. The molecule has 2 atom stereocenters. The second kappa shape index (κ2) is 4.90. The molecule has 1 aromatic heterocycles. The van der Waals surface area contributed by atoms with E-state index in [0.717, 1.165) is 35.7 Å². The van der Waals surface area contributed by atoms with Crippen molar-refractivity contribution >= 4 is 21.7 Å². The number of ether oxygens (including phenoxy) is 1. The number of nitrogens with zero attached hydrogens (tertiary/aromatic N) is 2. The van der Waals surface area contributed by atoms with Gasteiger partial charge in [-0.1, -0.05) is 6.92 Å². The fraction of sp³-hybridized carbons (Fsp3) is 0.667. The predicted octanol–water partition coefficient (Wildman–Crippen LogP) is 2.78. The Hall–Kier alpha value is -0.680. The van der Waals surface area contributed by atoms with Crippen molar-refractivity contribution in [2.45, 2.75) is 45.3 Å². The first-order chi connectivity index (χ1) is 8.03. The Bertz CT molecular complexity index is 413. The Balaban J connectivity index is 2.20. The Morgan fingerprint density at radius 3 is 2.94 bits per heavy atom. The first-order valence-corrected chi connectivity index (χ1v) is 6.76. The van der Waals surface area contributed by atoms with E-state index < -0.39 is 0 Å². The van der Waals surface area contributed by atoms with Gasteiger partial charge in [-0.15, -0.1) is 0 Å². The van der Waals surface area contributed by atoms with E-state index in [1.165, 1.54) is 0 Å². The third kappa shape index (κ3) is 2.77. The molecule has 0 amide bonds. The molecule has 1 aliphatic rings. The minimum atomic E-state index is -0.0429. The first kappa shape index (κ1) is 12.8. The highest BCUT2D eigenvalue weighted by atomic mass is 79.9. The van der Waals surface area contributed by atoms with E-state index in [1.807, 2.05) is 6.07 Å². The largest absolute Gasteiger partial charge is 0.376 e. The van der Waals surface area contributed by atoms with Gasteiger partial charge in [0.1, 0.15) is 16.2 Å². The van der Waals surface area contributed by atoms with E-state index in [1.54, 1.807) is 0 Å². The van der Waals surface area contributed by atoms with Gasteiger partial charge in [0, 0.05) is 19.1 Å². The molecule has 1 saturated heterocycles. The zero-order chi connectivity index (χ0) is 12.5. The summed E-state index contributed by atoms with van der Waals surface area (Å²) in [5.74, 6) is 1.71. The van der Waals surface area contributed by atoms with Gasteiger partial charge >= 0.3 is 0 Å². The van der Waals surface area contributed by atoms with Crippen LogP contribution in [0.1, 0.15) is 33.0 Å². The van der Waals surface area contributed by atoms with Crippen molar-refractivity contribution in [2.24, 2.45) is 0 Å². The van der Waals surface area contributed by atoms with Crippen LogP contribution >= 0.6 is 15.9 Å². The molecule has 0 saturated carbocycles. The van der Waals surface area contributed by atoms with Crippen LogP contribution in [0.4, 0.5) is 5.82 Å². The Morgan fingerprint density at radius 2 is 2.35 bits per heavy atom. The third-order valence-corrected chi connectivity index (χ3v) is 3.76. The van der Waals surface area contributed by atoms with Gasteiger partial charge in [0.2, 0.25) is 0 Å². The quantitative estimate of drug-likeness (QED) is 0.872. The number of rotatable bonds is 3. The Kier molecular flexibility index (Phi) is 3.68. The smallest absolute Gasteiger partial charge is 0.131 e. The summed E-state index contributed by atoms with van der Waals surface area (Å²) in [6.07, 6.45) is 2.02. The summed E-state index contributed by atoms with van der Waals surface area (Å²) in [4.78, 5) is 8.79. The molecule has 0 aromatic carbocycles. The molecule has 0 aliphatic carbocycles. The zero-order valence-corrected chi connectivity index (χ0v) is 12.0. The third-order valence-electron chi connectivity index (χ3n) is 3.36. The number of halogens is 1. The van der Waals surface area contributed by atoms with Gasteiger partial charge in [0.25, 0.3) is 0 Å². The van der Waals surface area contributed by atoms with Crippen LogP contribution in [0.15, 0.2) is 10.7 Å². The molecular weight excluding hydrogens is 282 g/mol. The average Bonchev–Trinajstić information content (AvgIpc) is 2.58. The molecule has 2 rings (SSSR count). The molecule has 1 N–H and O–H groups in total. The Labute approximate surface area is 110 Å². The van der Waals surface area contributed by atoms with Crippen LogP contribution in [0.2, 0.25) is 0 Å². The maximum Gasteiger partial charge on any atom is 0.131 e. The van der Waals surface area contributed by atoms with Crippen molar-refractivity contribution < 1.29 is 4.74 Å². The SMILES string of the molecule is CCc1nc(Br)cc(NC2(C)CCOC2C)n1. The van der Waals surface area contributed by atoms with E-state index in [9.17, 15) is 0 Å². The summed E-state index contributed by atoms with van der Waals surface area (Å²) in [6, 6.07) is 1.91. The van der Waals surface area contributed by atoms with Crippen LogP contribution in [0, 0.1) is 0 Å². The normalized spacial score (nSPS) is 28.4. The second-order valence-corrected chi connectivity index (χ2v) is 5.46. The number of anilines is 1. The second-order valence-electron chi connectivity index (χ2n) is 4.65. The fourth-order valence-electron chi connectivity index (χ4n) is 1.98. The van der Waals surface area contributed by atoms with Gasteiger partial charge < -0.3 is 10.1 Å². The monoisotopic (exact) mass is 299 g/mol. The van der Waals surface area contributed by atoms with Gasteiger partial charge in [-0.25, -0.2) is 9.97 Å². The van der Waals surface area contributed by atoms with E-state index >= 15 is 0 Å². The van der Waals surface area contributed by atoms with E-state index in [2.05, 4.69) is 52.0 Å². The molecule has 0 radical (unpaired) electrons. The van der Waals surface area contributed by atoms with Crippen LogP contribution in [-0.2, 0) is 11.2 Å². The molecule has 2 heterocycles. The number of nitrogens with one attached hydrogen (secondary N) is 1. The molecule has 94 valence electrons. The van der Waals surface area contributed by atoms with Crippen molar-refractivity contribution in [2.75, 3.05) is 11.9 Å². The van der Waals surface area contributed by atoms with Crippen molar-refractivity contribution in [3.8, 4) is 0 Å². The number of aromatic nitrogens is 2. The minimum Gasteiger partial charge on any atom is -0.376 e. The van der Waals surface area contributed by atoms with Crippen LogP contribution < -0.4 is 5.32 Å². The zero-order valence-electron chi connectivity index (χ0n) is 10.5. The van der Waals surface area contributed by atoms with Crippen molar-refractivity contribution in [3.63, 3.8) is 0 Å². The van der Waals surface area contributed by atoms with Gasteiger partial charge in [0.15, 0.2) is 0 Å². The molecule has 17 heavy (non-hydrogen) atoms. The van der Waals surface area contributed by atoms with Gasteiger partial charge in [-0.05, 0) is 36.2 Å². The molecule has 5 heteroatoms. The van der Waals surface area contributed by atoms with Crippen LogP contribution in [0.5, 0.6) is 0 Å². The maximum absolute atomic E-state index is 5.61. The molecule has 1 aliphatic heterocycles. The summed E-state index contributed by atoms with van der Waals surface area (Å²) in [7, 11) is 0. The van der Waals surface area contributed by atoms with Crippen molar-refractivity contribution in [1.29, 1.82) is 0 Å². The predicted molar refractivity (Wildman–Crippen MR) is 71.2 cm³/mol. The summed E-state index contributed by atoms with van der Waals surface area (Å²) in [6.45, 7) is 7.12. The molecular formula is C12H18BrN3O. The average molecular weight is 300 g/mol. The lowest BCUT2D eigenvalue weighted by atomic mass is 9.95. The molecule has 0 spiro atoms. The van der Waals surface area contributed by atoms with E-state index in [-0.39, 0.29) is 11.6 Å². The standard InChI is InChI=1S/C12H18BrN3O/c1-4-10-14-9(13)7-11(15-10)16-12(3)5-6-17-8(12)2/h7-8H,4-6H2,1-3H3,(H,14,15,16). The Morgan fingerprint density at radius 1 is 1.59 bits per heavy atom. The molecule has 4 nitrogen and oxygen atoms in total. The lowest BCUT2D eigenvalue weighted by molar-refractivity contribution is 0.105. The summed E-state index contributed by atoms with van der Waals surface area (Å²) >= 11 is 3.41. The minimum absolute atomic E-state index is 0.0429. The lowest BCUT2D eigenvalue weighted by Gasteiger charge is -2.29. The lowest BCUT2D eigenvalue weighted by Crippen LogP contribution is -2.41. The number of aryl methyl sites for hydroxylation is 1. The molecule has 1 aromatic rings. The van der Waals surface area contributed by atoms with Crippen LogP contribution in [0.25, 0.3) is 0 Å². The van der Waals surface area contributed by atoms with Crippen molar-refractivity contribution in [3.05, 3.63) is 16.5 Å². The van der Waals surface area contributed by atoms with Gasteiger partial charge in [0.05, 0.1) is 11.6 Å². The first-order valence-electron chi connectivity index (χ1n) is 5.97. The van der Waals surface area contributed by atoms with Crippen LogP contribution in [-0.4, -0.2) is 28.2 Å². The fourth-order valence-corrected chi connectivity index (χ4v) is 2.40. The van der Waals surface area contributed by atoms with Gasteiger partial charge in [-0.3, -0.25) is 0 Å². The topological polar surface area (TPSA) is 47.0 Å². The van der Waals surface area contributed by atoms with E-state index in [4.69, 9.17) is 4.74 Å². The van der Waals surface area contributed by atoms with E-state index in [0.29, 0.717) is 0 Å². The summed E-state index contributed by atoms with van der Waals surface area (Å²) in [5, 5.41) is 3.48. The van der Waals surface area contributed by atoms with Crippen LogP contribution in [0.3, 0.4) is 0 Å². The number of hydrogen-bond acceptors (Lipinski definition) is 4. The van der Waals surface area contributed by atoms with Gasteiger partial charge in [-0.2, -0.15) is 0 Å². The highest BCUT2D eigenvalue weighted by Crippen LogP contribution is 2.29. The highest BCUT2D eigenvalue weighted by Gasteiger charge is 2.37. The summed E-state index contributed by atoms with van der Waals surface area (Å²) in [5.41, 5.74) is -0.0429. The summed E-state index contributed by atoms with van der Waals surface area (Å²) < 4.78 is 6.43. The molecule has 2 unspecified atom stereocenters. The van der Waals surface area contributed by atoms with Crippen molar-refractivity contribution in [1.82, 2.24) is 9.97 Å².